The predicted molar refractivity (Wildman–Crippen MR) is 106 cm³/mol. The van der Waals surface area contributed by atoms with Crippen LogP contribution in [0.25, 0.3) is 0 Å². The number of rotatable bonds is 5. The van der Waals surface area contributed by atoms with Gasteiger partial charge in [0.15, 0.2) is 0 Å². The van der Waals surface area contributed by atoms with Gasteiger partial charge in [-0.15, -0.1) is 0 Å². The van der Waals surface area contributed by atoms with Crippen LogP contribution >= 0.6 is 0 Å². The third kappa shape index (κ3) is 4.26. The largest absolute Gasteiger partial charge is 0.374 e. The molecule has 0 radical (unpaired) electrons. The van der Waals surface area contributed by atoms with E-state index in [-0.39, 0.29) is 11.8 Å². The molecule has 3 rings (SSSR count). The first-order chi connectivity index (χ1) is 13.0. The summed E-state index contributed by atoms with van der Waals surface area (Å²) in [5.74, 6) is -0.00914. The first kappa shape index (κ1) is 18.5. The summed E-state index contributed by atoms with van der Waals surface area (Å²) in [6, 6.07) is 14.1. The number of anilines is 3. The van der Waals surface area contributed by atoms with Gasteiger partial charge in [0.25, 0.3) is 0 Å². The fraction of sp³-hybridized carbons (Fsp3) is 0.286. The van der Waals surface area contributed by atoms with Crippen molar-refractivity contribution in [2.45, 2.75) is 32.7 Å². The topological polar surface area (TPSA) is 85.2 Å². The van der Waals surface area contributed by atoms with Crippen LogP contribution in [-0.4, -0.2) is 24.4 Å². The number of hydrogen-bond acceptors (Lipinski definition) is 4. The molecule has 0 spiro atoms. The molecule has 1 aliphatic heterocycles. The van der Waals surface area contributed by atoms with E-state index < -0.39 is 6.04 Å². The van der Waals surface area contributed by atoms with E-state index in [2.05, 4.69) is 10.6 Å². The second-order valence-corrected chi connectivity index (χ2v) is 6.69. The number of aryl methyl sites for hydroxylation is 1. The molecule has 27 heavy (non-hydrogen) atoms. The maximum atomic E-state index is 12.4. The molecule has 2 aromatic carbocycles. The lowest BCUT2D eigenvalue weighted by molar-refractivity contribution is -0.117. The Labute approximate surface area is 158 Å². The Morgan fingerprint density at radius 1 is 1.19 bits per heavy atom. The highest BCUT2D eigenvalue weighted by molar-refractivity contribution is 5.97. The van der Waals surface area contributed by atoms with Gasteiger partial charge < -0.3 is 15.5 Å². The van der Waals surface area contributed by atoms with Gasteiger partial charge in [-0.25, -0.2) is 0 Å². The lowest BCUT2D eigenvalue weighted by atomic mass is 10.1. The fourth-order valence-electron chi connectivity index (χ4n) is 3.15. The van der Waals surface area contributed by atoms with Crippen molar-refractivity contribution in [2.75, 3.05) is 22.1 Å². The van der Waals surface area contributed by atoms with Gasteiger partial charge in [-0.3, -0.25) is 9.59 Å². The number of nitriles is 1. The molecule has 0 aromatic heterocycles. The number of carbonyl (C=O) groups is 2. The molecule has 6 heteroatoms. The molecule has 0 aliphatic carbocycles. The number of carbonyl (C=O) groups excluding carboxylic acids is 2. The molecule has 0 unspecified atom stereocenters. The van der Waals surface area contributed by atoms with Crippen LogP contribution < -0.4 is 15.5 Å². The van der Waals surface area contributed by atoms with E-state index in [9.17, 15) is 9.59 Å². The second kappa shape index (κ2) is 7.92. The molecule has 2 N–H and O–H groups in total. The number of hydrogen-bond donors (Lipinski definition) is 2. The van der Waals surface area contributed by atoms with Crippen molar-refractivity contribution in [3.8, 4) is 6.07 Å². The maximum Gasteiger partial charge on any atom is 0.246 e. The van der Waals surface area contributed by atoms with Crippen LogP contribution in [0, 0.1) is 18.3 Å². The number of nitrogens with zero attached hydrogens (tertiary/aromatic N) is 2. The van der Waals surface area contributed by atoms with Crippen molar-refractivity contribution in [3.05, 3.63) is 53.6 Å². The van der Waals surface area contributed by atoms with Crippen LogP contribution in [0.4, 0.5) is 17.1 Å². The van der Waals surface area contributed by atoms with Crippen molar-refractivity contribution in [1.82, 2.24) is 0 Å². The van der Waals surface area contributed by atoms with Crippen molar-refractivity contribution in [3.63, 3.8) is 0 Å². The van der Waals surface area contributed by atoms with Crippen LogP contribution in [0.2, 0.25) is 0 Å². The molecule has 0 bridgehead atoms. The average molecular weight is 362 g/mol. The van der Waals surface area contributed by atoms with E-state index in [1.54, 1.807) is 31.2 Å². The Balaban J connectivity index is 1.63. The predicted octanol–water partition coefficient (Wildman–Crippen LogP) is 3.43. The molecule has 0 saturated carbocycles. The number of benzene rings is 2. The highest BCUT2D eigenvalue weighted by Crippen LogP contribution is 2.27. The molecule has 1 aliphatic rings. The molecule has 1 atom stereocenters. The molecule has 1 fully saturated rings. The Hall–Kier alpha value is -3.33. The minimum Gasteiger partial charge on any atom is -0.374 e. The summed E-state index contributed by atoms with van der Waals surface area (Å²) >= 11 is 0. The Morgan fingerprint density at radius 3 is 2.48 bits per heavy atom. The third-order valence-electron chi connectivity index (χ3n) is 4.62. The molecule has 138 valence electrons. The van der Waals surface area contributed by atoms with Crippen LogP contribution in [0.3, 0.4) is 0 Å². The smallest absolute Gasteiger partial charge is 0.246 e. The zero-order chi connectivity index (χ0) is 19.4. The van der Waals surface area contributed by atoms with E-state index in [0.717, 1.165) is 29.9 Å². The highest BCUT2D eigenvalue weighted by Gasteiger charge is 2.23. The number of nitrogens with one attached hydrogen (secondary N) is 2. The molecular weight excluding hydrogens is 340 g/mol. The standard InChI is InChI=1S/C21H22N4O2/c1-14-12-18(9-10-19(14)25-11-3-4-20(25)26)23-15(2)21(27)24-17-7-5-16(13-22)6-8-17/h5-10,12,15,23H,3-4,11H2,1-2H3,(H,24,27)/t15-/m0/s1. The lowest BCUT2D eigenvalue weighted by Crippen LogP contribution is -2.32. The summed E-state index contributed by atoms with van der Waals surface area (Å²) < 4.78 is 0. The zero-order valence-electron chi connectivity index (χ0n) is 15.5. The number of amides is 2. The molecule has 2 amide bonds. The minimum atomic E-state index is -0.445. The maximum absolute atomic E-state index is 12.4. The SMILES string of the molecule is Cc1cc(N[C@@H](C)C(=O)Nc2ccc(C#N)cc2)ccc1N1CCCC1=O. The van der Waals surface area contributed by atoms with Crippen LogP contribution in [0.1, 0.15) is 30.9 Å². The van der Waals surface area contributed by atoms with Crippen LogP contribution in [-0.2, 0) is 9.59 Å². The lowest BCUT2D eigenvalue weighted by Gasteiger charge is -2.20. The quantitative estimate of drug-likeness (QED) is 0.853. The third-order valence-corrected chi connectivity index (χ3v) is 4.62. The van der Waals surface area contributed by atoms with Gasteiger partial charge in [0.1, 0.15) is 6.04 Å². The van der Waals surface area contributed by atoms with E-state index in [4.69, 9.17) is 5.26 Å². The summed E-state index contributed by atoms with van der Waals surface area (Å²) in [4.78, 5) is 26.1. The van der Waals surface area contributed by atoms with Gasteiger partial charge in [0.05, 0.1) is 11.6 Å². The van der Waals surface area contributed by atoms with Crippen molar-refractivity contribution < 1.29 is 9.59 Å². The summed E-state index contributed by atoms with van der Waals surface area (Å²) in [7, 11) is 0. The second-order valence-electron chi connectivity index (χ2n) is 6.69. The summed E-state index contributed by atoms with van der Waals surface area (Å²) in [6.45, 7) is 4.51. The first-order valence-electron chi connectivity index (χ1n) is 8.96. The van der Waals surface area contributed by atoms with Gasteiger partial charge in [-0.2, -0.15) is 5.26 Å². The Morgan fingerprint density at radius 2 is 1.89 bits per heavy atom. The molecule has 1 saturated heterocycles. The first-order valence-corrected chi connectivity index (χ1v) is 8.96. The zero-order valence-corrected chi connectivity index (χ0v) is 15.5. The minimum absolute atomic E-state index is 0.161. The fourth-order valence-corrected chi connectivity index (χ4v) is 3.15. The average Bonchev–Trinajstić information content (AvgIpc) is 3.08. The Kier molecular flexibility index (Phi) is 5.41. The van der Waals surface area contributed by atoms with Gasteiger partial charge in [-0.1, -0.05) is 0 Å². The summed E-state index contributed by atoms with van der Waals surface area (Å²) in [5.41, 5.74) is 3.94. The van der Waals surface area contributed by atoms with E-state index in [0.29, 0.717) is 17.7 Å². The Bertz CT molecular complexity index is 899. The van der Waals surface area contributed by atoms with Crippen molar-refractivity contribution >= 4 is 28.9 Å². The molecule has 1 heterocycles. The molecular formula is C21H22N4O2. The molecule has 2 aromatic rings. The van der Waals surface area contributed by atoms with Crippen LogP contribution in [0.5, 0.6) is 0 Å². The summed E-state index contributed by atoms with van der Waals surface area (Å²) in [5, 5.41) is 14.8. The normalized spacial score (nSPS) is 14.6. The van der Waals surface area contributed by atoms with Gasteiger partial charge in [0.2, 0.25) is 11.8 Å². The van der Waals surface area contributed by atoms with Gasteiger partial charge in [0, 0.05) is 30.0 Å². The van der Waals surface area contributed by atoms with E-state index in [1.165, 1.54) is 0 Å². The highest BCUT2D eigenvalue weighted by atomic mass is 16.2. The van der Waals surface area contributed by atoms with E-state index >= 15 is 0 Å². The van der Waals surface area contributed by atoms with Gasteiger partial charge >= 0.3 is 0 Å². The van der Waals surface area contributed by atoms with Crippen molar-refractivity contribution in [2.24, 2.45) is 0 Å². The summed E-state index contributed by atoms with van der Waals surface area (Å²) in [6.07, 6.45) is 1.50. The van der Waals surface area contributed by atoms with Gasteiger partial charge in [-0.05, 0) is 68.3 Å². The van der Waals surface area contributed by atoms with E-state index in [1.807, 2.05) is 36.1 Å². The monoisotopic (exact) mass is 362 g/mol. The molecule has 6 nitrogen and oxygen atoms in total. The van der Waals surface area contributed by atoms with Crippen molar-refractivity contribution in [1.29, 1.82) is 5.26 Å². The van der Waals surface area contributed by atoms with Crippen LogP contribution in [0.15, 0.2) is 42.5 Å².